The Morgan fingerprint density at radius 2 is 2.12 bits per heavy atom. The fraction of sp³-hybridized carbons (Fsp3) is 0.545. The molecule has 0 aliphatic carbocycles. The van der Waals surface area contributed by atoms with Crippen LogP contribution in [0.5, 0.6) is 0 Å². The lowest BCUT2D eigenvalue weighted by atomic mass is 10.2. The number of rotatable bonds is 4. The van der Waals surface area contributed by atoms with E-state index in [9.17, 15) is 0 Å². The number of aryl methyl sites for hydroxylation is 2. The number of nitrogens with zero attached hydrogens (tertiary/aromatic N) is 4. The van der Waals surface area contributed by atoms with Crippen LogP contribution in [0.2, 0.25) is 0 Å². The molecule has 2 aromatic rings. The average Bonchev–Trinajstić information content (AvgIpc) is 2.86. The molecule has 0 saturated carbocycles. The summed E-state index contributed by atoms with van der Waals surface area (Å²) < 4.78 is 7.01. The first-order valence-electron chi connectivity index (χ1n) is 5.70. The highest BCUT2D eigenvalue weighted by Crippen LogP contribution is 2.15. The number of aromatic nitrogens is 4. The maximum absolute atomic E-state index is 5.63. The van der Waals surface area contributed by atoms with Crippen molar-refractivity contribution in [1.82, 2.24) is 20.2 Å². The van der Waals surface area contributed by atoms with E-state index in [1.54, 1.807) is 0 Å². The van der Waals surface area contributed by atoms with Gasteiger partial charge in [0.05, 0.1) is 23.6 Å². The highest BCUT2D eigenvalue weighted by molar-refractivity contribution is 5.22. The highest BCUT2D eigenvalue weighted by atomic mass is 16.5. The van der Waals surface area contributed by atoms with Gasteiger partial charge in [0.2, 0.25) is 0 Å². The van der Waals surface area contributed by atoms with Crippen molar-refractivity contribution < 1.29 is 4.52 Å². The molecule has 0 aliphatic heterocycles. The van der Waals surface area contributed by atoms with Crippen LogP contribution in [0, 0.1) is 13.8 Å². The summed E-state index contributed by atoms with van der Waals surface area (Å²) in [6.45, 7) is 6.96. The quantitative estimate of drug-likeness (QED) is 0.853. The molecule has 6 nitrogen and oxygen atoms in total. The Morgan fingerprint density at radius 3 is 2.65 bits per heavy atom. The van der Waals surface area contributed by atoms with Crippen LogP contribution in [0.15, 0.2) is 4.52 Å². The van der Waals surface area contributed by atoms with E-state index in [2.05, 4.69) is 22.4 Å². The molecule has 2 N–H and O–H groups in total. The summed E-state index contributed by atoms with van der Waals surface area (Å²) in [6.07, 6.45) is 0.864. The Kier molecular flexibility index (Phi) is 3.23. The van der Waals surface area contributed by atoms with Crippen LogP contribution in [-0.4, -0.2) is 20.2 Å². The average molecular weight is 235 g/mol. The van der Waals surface area contributed by atoms with Crippen molar-refractivity contribution in [2.24, 2.45) is 5.73 Å². The minimum atomic E-state index is 0.421. The van der Waals surface area contributed by atoms with Crippen molar-refractivity contribution in [3.63, 3.8) is 0 Å². The summed E-state index contributed by atoms with van der Waals surface area (Å²) in [6, 6.07) is 0. The summed E-state index contributed by atoms with van der Waals surface area (Å²) in [5, 5.41) is 12.1. The predicted octanol–water partition coefficient (Wildman–Crippen LogP) is 0.952. The number of nitrogens with two attached hydrogens (primary N) is 1. The van der Waals surface area contributed by atoms with Crippen LogP contribution in [-0.2, 0) is 19.5 Å². The Balaban J connectivity index is 2.33. The minimum absolute atomic E-state index is 0.421. The third kappa shape index (κ3) is 2.08. The lowest BCUT2D eigenvalue weighted by molar-refractivity contribution is 0.391. The molecule has 0 fully saturated rings. The standard InChI is InChI=1S/C11H17N5O/c1-4-11-10(5-12)13-15-16(11)6-9-7(2)14-17-8(9)3/h4-6,12H2,1-3H3. The van der Waals surface area contributed by atoms with Crippen LogP contribution in [0.1, 0.15) is 35.3 Å². The lowest BCUT2D eigenvalue weighted by Gasteiger charge is -2.05. The molecular formula is C11H17N5O. The Morgan fingerprint density at radius 1 is 1.35 bits per heavy atom. The maximum atomic E-state index is 5.63. The fourth-order valence-electron chi connectivity index (χ4n) is 1.92. The van der Waals surface area contributed by atoms with Gasteiger partial charge in [-0.3, -0.25) is 0 Å². The zero-order valence-electron chi connectivity index (χ0n) is 10.4. The van der Waals surface area contributed by atoms with Crippen LogP contribution in [0.4, 0.5) is 0 Å². The fourth-order valence-corrected chi connectivity index (χ4v) is 1.92. The molecule has 2 aromatic heterocycles. The summed E-state index contributed by atoms with van der Waals surface area (Å²) in [4.78, 5) is 0. The van der Waals surface area contributed by atoms with Gasteiger partial charge in [0.1, 0.15) is 5.76 Å². The first kappa shape index (κ1) is 11.8. The van der Waals surface area contributed by atoms with Crippen molar-refractivity contribution in [3.8, 4) is 0 Å². The Bertz CT molecular complexity index is 494. The van der Waals surface area contributed by atoms with Gasteiger partial charge >= 0.3 is 0 Å². The monoisotopic (exact) mass is 235 g/mol. The second-order valence-corrected chi connectivity index (χ2v) is 4.00. The molecule has 0 amide bonds. The third-order valence-corrected chi connectivity index (χ3v) is 2.94. The van der Waals surface area contributed by atoms with E-state index in [0.717, 1.165) is 34.8 Å². The van der Waals surface area contributed by atoms with E-state index in [-0.39, 0.29) is 0 Å². The second-order valence-electron chi connectivity index (χ2n) is 4.00. The van der Waals surface area contributed by atoms with E-state index in [1.807, 2.05) is 18.5 Å². The van der Waals surface area contributed by atoms with Gasteiger partial charge in [-0.05, 0) is 20.3 Å². The zero-order valence-corrected chi connectivity index (χ0v) is 10.4. The SMILES string of the molecule is CCc1c(CN)nnn1Cc1c(C)noc1C. The summed E-state index contributed by atoms with van der Waals surface area (Å²) in [5.74, 6) is 0.828. The van der Waals surface area contributed by atoms with Gasteiger partial charge in [-0.2, -0.15) is 0 Å². The van der Waals surface area contributed by atoms with Crippen molar-refractivity contribution in [2.45, 2.75) is 40.3 Å². The van der Waals surface area contributed by atoms with Gasteiger partial charge in [0, 0.05) is 12.1 Å². The van der Waals surface area contributed by atoms with Gasteiger partial charge in [-0.15, -0.1) is 5.10 Å². The van der Waals surface area contributed by atoms with E-state index in [0.29, 0.717) is 13.1 Å². The third-order valence-electron chi connectivity index (χ3n) is 2.94. The van der Waals surface area contributed by atoms with Crippen LogP contribution in [0.3, 0.4) is 0 Å². The minimum Gasteiger partial charge on any atom is -0.361 e. The molecule has 2 rings (SSSR count). The number of hydrogen-bond acceptors (Lipinski definition) is 5. The normalized spacial score (nSPS) is 11.1. The predicted molar refractivity (Wildman–Crippen MR) is 62.4 cm³/mol. The molecule has 0 aliphatic rings. The van der Waals surface area contributed by atoms with Gasteiger partial charge in [0.25, 0.3) is 0 Å². The lowest BCUT2D eigenvalue weighted by Crippen LogP contribution is -2.09. The molecule has 0 aromatic carbocycles. The van der Waals surface area contributed by atoms with Crippen LogP contribution < -0.4 is 5.73 Å². The van der Waals surface area contributed by atoms with Crippen molar-refractivity contribution in [1.29, 1.82) is 0 Å². The summed E-state index contributed by atoms with van der Waals surface area (Å²) >= 11 is 0. The molecule has 2 heterocycles. The summed E-state index contributed by atoms with van der Waals surface area (Å²) in [5.41, 5.74) is 9.52. The van der Waals surface area contributed by atoms with Gasteiger partial charge in [0.15, 0.2) is 0 Å². The topological polar surface area (TPSA) is 82.8 Å². The molecule has 92 valence electrons. The number of hydrogen-bond donors (Lipinski definition) is 1. The van der Waals surface area contributed by atoms with E-state index in [4.69, 9.17) is 10.3 Å². The summed E-state index contributed by atoms with van der Waals surface area (Å²) in [7, 11) is 0. The smallest absolute Gasteiger partial charge is 0.138 e. The molecule has 0 spiro atoms. The molecule has 0 unspecified atom stereocenters. The molecule has 0 bridgehead atoms. The first-order valence-corrected chi connectivity index (χ1v) is 5.70. The molecule has 17 heavy (non-hydrogen) atoms. The molecule has 0 saturated heterocycles. The molecular weight excluding hydrogens is 218 g/mol. The van der Waals surface area contributed by atoms with Crippen molar-refractivity contribution >= 4 is 0 Å². The van der Waals surface area contributed by atoms with E-state index in [1.165, 1.54) is 0 Å². The molecule has 6 heteroatoms. The van der Waals surface area contributed by atoms with E-state index < -0.39 is 0 Å². The Hall–Kier alpha value is -1.69. The van der Waals surface area contributed by atoms with E-state index >= 15 is 0 Å². The maximum Gasteiger partial charge on any atom is 0.138 e. The van der Waals surface area contributed by atoms with Gasteiger partial charge in [-0.25, -0.2) is 4.68 Å². The van der Waals surface area contributed by atoms with Crippen molar-refractivity contribution in [2.75, 3.05) is 0 Å². The van der Waals surface area contributed by atoms with Crippen LogP contribution in [0.25, 0.3) is 0 Å². The van der Waals surface area contributed by atoms with Crippen LogP contribution >= 0.6 is 0 Å². The first-order chi connectivity index (χ1) is 8.17. The van der Waals surface area contributed by atoms with Gasteiger partial charge in [-0.1, -0.05) is 17.3 Å². The Labute approximate surface area is 99.8 Å². The largest absolute Gasteiger partial charge is 0.361 e. The second kappa shape index (κ2) is 4.67. The highest BCUT2D eigenvalue weighted by Gasteiger charge is 2.14. The molecule has 0 atom stereocenters. The molecule has 0 radical (unpaired) electrons. The zero-order chi connectivity index (χ0) is 12.4. The van der Waals surface area contributed by atoms with Gasteiger partial charge < -0.3 is 10.3 Å². The van der Waals surface area contributed by atoms with Crippen molar-refractivity contribution in [3.05, 3.63) is 28.4 Å².